The summed E-state index contributed by atoms with van der Waals surface area (Å²) in [6.45, 7) is 3.88. The normalized spacial score (nSPS) is 11.2. The smallest absolute Gasteiger partial charge is 0.189 e. The van der Waals surface area contributed by atoms with Crippen LogP contribution < -0.4 is 4.74 Å². The highest BCUT2D eigenvalue weighted by Gasteiger charge is 2.13. The molecule has 0 aliphatic heterocycles. The predicted molar refractivity (Wildman–Crippen MR) is 93.7 cm³/mol. The minimum atomic E-state index is -0.387. The maximum atomic E-state index is 12.2. The van der Waals surface area contributed by atoms with Crippen molar-refractivity contribution in [2.45, 2.75) is 20.0 Å². The van der Waals surface area contributed by atoms with Gasteiger partial charge in [0.2, 0.25) is 0 Å². The zero-order valence-electron chi connectivity index (χ0n) is 12.7. The molecule has 0 amide bonds. The van der Waals surface area contributed by atoms with Crippen LogP contribution in [0.15, 0.2) is 42.5 Å². The summed E-state index contributed by atoms with van der Waals surface area (Å²) in [6, 6.07) is 10.1. The molecule has 0 saturated heterocycles. The molecular weight excluding hydrogens is 335 g/mol. The topological polar surface area (TPSA) is 46.5 Å². The summed E-state index contributed by atoms with van der Waals surface area (Å²) in [5.74, 6) is 0.0629. The summed E-state index contributed by atoms with van der Waals surface area (Å²) in [5.41, 5.74) is 0.873. The van der Waals surface area contributed by atoms with Gasteiger partial charge >= 0.3 is 0 Å². The van der Waals surface area contributed by atoms with Crippen molar-refractivity contribution in [1.82, 2.24) is 0 Å². The number of phenols is 1. The van der Waals surface area contributed by atoms with Crippen LogP contribution in [-0.4, -0.2) is 17.0 Å². The molecule has 23 heavy (non-hydrogen) atoms. The lowest BCUT2D eigenvalue weighted by Gasteiger charge is -2.09. The number of allylic oxidation sites excluding steroid dienone is 1. The molecule has 0 bridgehead atoms. The van der Waals surface area contributed by atoms with Crippen molar-refractivity contribution in [3.8, 4) is 11.5 Å². The van der Waals surface area contributed by atoms with E-state index in [4.69, 9.17) is 27.9 Å². The maximum Gasteiger partial charge on any atom is 0.189 e. The second-order valence-electron chi connectivity index (χ2n) is 5.22. The Balaban J connectivity index is 2.22. The number of rotatable bonds is 5. The molecule has 120 valence electrons. The summed E-state index contributed by atoms with van der Waals surface area (Å²) in [4.78, 5) is 12.2. The van der Waals surface area contributed by atoms with E-state index in [9.17, 15) is 9.90 Å². The van der Waals surface area contributed by atoms with Gasteiger partial charge in [0.15, 0.2) is 5.78 Å². The van der Waals surface area contributed by atoms with Gasteiger partial charge < -0.3 is 9.84 Å². The monoisotopic (exact) mass is 350 g/mol. The van der Waals surface area contributed by atoms with Crippen molar-refractivity contribution in [3.63, 3.8) is 0 Å². The van der Waals surface area contributed by atoms with Crippen molar-refractivity contribution in [2.75, 3.05) is 0 Å². The van der Waals surface area contributed by atoms with Crippen LogP contribution in [0.2, 0.25) is 10.0 Å². The average molecular weight is 351 g/mol. The molecule has 0 saturated carbocycles. The Labute approximate surface area is 145 Å². The number of carbonyl (C=O) groups excluding carboxylic acids is 1. The summed E-state index contributed by atoms with van der Waals surface area (Å²) in [5, 5.41) is 10.2. The molecule has 5 heteroatoms. The van der Waals surface area contributed by atoms with Crippen molar-refractivity contribution in [2.24, 2.45) is 0 Å². The summed E-state index contributed by atoms with van der Waals surface area (Å²) in [7, 11) is 0. The van der Waals surface area contributed by atoms with E-state index in [2.05, 4.69) is 0 Å². The Morgan fingerprint density at radius 2 is 1.96 bits per heavy atom. The Morgan fingerprint density at radius 3 is 2.65 bits per heavy atom. The van der Waals surface area contributed by atoms with Gasteiger partial charge in [0, 0.05) is 5.02 Å². The number of hydrogen-bond donors (Lipinski definition) is 1. The van der Waals surface area contributed by atoms with E-state index in [0.29, 0.717) is 0 Å². The number of hydrogen-bond acceptors (Lipinski definition) is 3. The van der Waals surface area contributed by atoms with E-state index in [1.165, 1.54) is 18.2 Å². The van der Waals surface area contributed by atoms with Crippen LogP contribution in [0.5, 0.6) is 11.5 Å². The highest BCUT2D eigenvalue weighted by Crippen LogP contribution is 2.31. The van der Waals surface area contributed by atoms with Gasteiger partial charge in [0.25, 0.3) is 0 Å². The molecule has 0 radical (unpaired) electrons. The minimum Gasteiger partial charge on any atom is -0.506 e. The number of benzene rings is 2. The van der Waals surface area contributed by atoms with Crippen molar-refractivity contribution >= 4 is 35.1 Å². The first-order valence-corrected chi connectivity index (χ1v) is 7.79. The molecule has 2 rings (SSSR count). The fraction of sp³-hybridized carbons (Fsp3) is 0.167. The Morgan fingerprint density at radius 1 is 1.22 bits per heavy atom. The standard InChI is InChI=1S/C18H16Cl2O3/c1-11(2)23-14-5-3-4-12(8-14)6-7-17(21)15-9-13(19)10-16(20)18(15)22/h3-11,22H,1-2H3. The van der Waals surface area contributed by atoms with E-state index in [1.54, 1.807) is 6.08 Å². The van der Waals surface area contributed by atoms with E-state index >= 15 is 0 Å². The fourth-order valence-electron chi connectivity index (χ4n) is 1.98. The van der Waals surface area contributed by atoms with Gasteiger partial charge in [-0.2, -0.15) is 0 Å². The lowest BCUT2D eigenvalue weighted by Crippen LogP contribution is -2.05. The first kappa shape index (κ1) is 17.4. The van der Waals surface area contributed by atoms with Crippen LogP contribution >= 0.6 is 23.2 Å². The first-order chi connectivity index (χ1) is 10.9. The fourth-order valence-corrected chi connectivity index (χ4v) is 2.47. The molecule has 0 fully saturated rings. The molecule has 3 nitrogen and oxygen atoms in total. The number of carbonyl (C=O) groups is 1. The molecule has 0 aromatic heterocycles. The van der Waals surface area contributed by atoms with Crippen molar-refractivity contribution in [3.05, 3.63) is 63.6 Å². The quantitative estimate of drug-likeness (QED) is 0.581. The van der Waals surface area contributed by atoms with E-state index in [0.717, 1.165) is 11.3 Å². The highest BCUT2D eigenvalue weighted by molar-refractivity contribution is 6.36. The molecule has 2 aromatic carbocycles. The molecule has 0 atom stereocenters. The van der Waals surface area contributed by atoms with Gasteiger partial charge in [-0.15, -0.1) is 0 Å². The number of halogens is 2. The van der Waals surface area contributed by atoms with Crippen LogP contribution in [0.4, 0.5) is 0 Å². The third-order valence-electron chi connectivity index (χ3n) is 2.95. The molecule has 0 aliphatic carbocycles. The van der Waals surface area contributed by atoms with Crippen molar-refractivity contribution < 1.29 is 14.6 Å². The van der Waals surface area contributed by atoms with Gasteiger partial charge in [0.1, 0.15) is 11.5 Å². The third-order valence-corrected chi connectivity index (χ3v) is 3.46. The van der Waals surface area contributed by atoms with Gasteiger partial charge in [0.05, 0.1) is 16.7 Å². The molecular formula is C18H16Cl2O3. The summed E-state index contributed by atoms with van der Waals surface area (Å²) >= 11 is 11.7. The molecule has 0 unspecified atom stereocenters. The molecule has 1 N–H and O–H groups in total. The third kappa shape index (κ3) is 4.75. The van der Waals surface area contributed by atoms with E-state index < -0.39 is 0 Å². The number of ether oxygens (including phenoxy) is 1. The van der Waals surface area contributed by atoms with Crippen LogP contribution in [0.1, 0.15) is 29.8 Å². The number of ketones is 1. The molecule has 0 aliphatic rings. The zero-order chi connectivity index (χ0) is 17.0. The van der Waals surface area contributed by atoms with E-state index in [-0.39, 0.29) is 33.2 Å². The minimum absolute atomic E-state index is 0.0431. The maximum absolute atomic E-state index is 12.2. The van der Waals surface area contributed by atoms with Gasteiger partial charge in [-0.25, -0.2) is 0 Å². The van der Waals surface area contributed by atoms with Crippen LogP contribution in [-0.2, 0) is 0 Å². The highest BCUT2D eigenvalue weighted by atomic mass is 35.5. The first-order valence-electron chi connectivity index (χ1n) is 7.04. The molecule has 0 spiro atoms. The Hall–Kier alpha value is -1.97. The van der Waals surface area contributed by atoms with Gasteiger partial charge in [-0.05, 0) is 49.8 Å². The molecule has 2 aromatic rings. The Kier molecular flexibility index (Phi) is 5.69. The number of phenolic OH excluding ortho intramolecular Hbond substituents is 1. The van der Waals surface area contributed by atoms with Crippen molar-refractivity contribution in [1.29, 1.82) is 0 Å². The molecule has 0 heterocycles. The Bertz CT molecular complexity index is 752. The van der Waals surface area contributed by atoms with Crippen LogP contribution in [0.25, 0.3) is 6.08 Å². The lowest BCUT2D eigenvalue weighted by molar-refractivity contribution is 0.104. The van der Waals surface area contributed by atoms with Gasteiger partial charge in [-0.3, -0.25) is 4.79 Å². The largest absolute Gasteiger partial charge is 0.506 e. The predicted octanol–water partition coefficient (Wildman–Crippen LogP) is 5.38. The summed E-state index contributed by atoms with van der Waals surface area (Å²) < 4.78 is 5.60. The summed E-state index contributed by atoms with van der Waals surface area (Å²) in [6.07, 6.45) is 3.07. The average Bonchev–Trinajstić information content (AvgIpc) is 2.48. The van der Waals surface area contributed by atoms with Crippen LogP contribution in [0.3, 0.4) is 0 Å². The van der Waals surface area contributed by atoms with Crippen LogP contribution in [0, 0.1) is 0 Å². The second kappa shape index (κ2) is 7.53. The number of aromatic hydroxyl groups is 1. The van der Waals surface area contributed by atoms with E-state index in [1.807, 2.05) is 38.1 Å². The van der Waals surface area contributed by atoms with Gasteiger partial charge in [-0.1, -0.05) is 41.4 Å². The SMILES string of the molecule is CC(C)Oc1cccc(C=CC(=O)c2cc(Cl)cc(Cl)c2O)c1. The second-order valence-corrected chi connectivity index (χ2v) is 6.06. The zero-order valence-corrected chi connectivity index (χ0v) is 14.2. The lowest BCUT2D eigenvalue weighted by atomic mass is 10.1.